The van der Waals surface area contributed by atoms with E-state index in [1.165, 1.54) is 0 Å². The first-order valence-electron chi connectivity index (χ1n) is 8.53. The Bertz CT molecular complexity index is 684. The average molecular weight is 328 g/mol. The molecule has 0 bridgehead atoms. The molecule has 0 radical (unpaired) electrons. The molecule has 3 rings (SSSR count). The molecule has 0 unspecified atom stereocenters. The molecule has 0 atom stereocenters. The molecule has 24 heavy (non-hydrogen) atoms. The molecule has 1 heterocycles. The molecule has 6 heteroatoms. The Labute approximate surface area is 141 Å². The second kappa shape index (κ2) is 7.97. The van der Waals surface area contributed by atoms with Crippen LogP contribution in [0.2, 0.25) is 0 Å². The van der Waals surface area contributed by atoms with Crippen LogP contribution in [0.3, 0.4) is 0 Å². The lowest BCUT2D eigenvalue weighted by molar-refractivity contribution is 0.117. The van der Waals surface area contributed by atoms with Crippen molar-refractivity contribution in [2.45, 2.75) is 37.8 Å². The van der Waals surface area contributed by atoms with Gasteiger partial charge in [0.2, 0.25) is 0 Å². The fourth-order valence-electron chi connectivity index (χ4n) is 2.99. The van der Waals surface area contributed by atoms with Crippen molar-refractivity contribution in [2.75, 3.05) is 18.4 Å². The number of anilines is 1. The van der Waals surface area contributed by atoms with Crippen LogP contribution in [0.1, 0.15) is 25.7 Å². The third-order valence-corrected chi connectivity index (χ3v) is 4.35. The molecule has 1 fully saturated rings. The molecule has 0 spiro atoms. The van der Waals surface area contributed by atoms with Crippen LogP contribution in [-0.4, -0.2) is 41.4 Å². The SMILES string of the molecule is O=C(NCCNc1ccc2ccccc2n1)NC1CCC(O)CC1. The molecule has 1 saturated carbocycles. The van der Waals surface area contributed by atoms with E-state index in [0.717, 1.165) is 42.4 Å². The number of carbonyl (C=O) groups is 1. The minimum Gasteiger partial charge on any atom is -0.393 e. The highest BCUT2D eigenvalue weighted by atomic mass is 16.3. The summed E-state index contributed by atoms with van der Waals surface area (Å²) < 4.78 is 0. The third kappa shape index (κ3) is 4.58. The maximum atomic E-state index is 11.9. The van der Waals surface area contributed by atoms with Crippen LogP contribution >= 0.6 is 0 Å². The number of nitrogens with zero attached hydrogens (tertiary/aromatic N) is 1. The van der Waals surface area contributed by atoms with Crippen LogP contribution in [-0.2, 0) is 0 Å². The van der Waals surface area contributed by atoms with Crippen LogP contribution in [0.15, 0.2) is 36.4 Å². The summed E-state index contributed by atoms with van der Waals surface area (Å²) in [5, 5.41) is 19.6. The van der Waals surface area contributed by atoms with Gasteiger partial charge in [-0.1, -0.05) is 18.2 Å². The first-order valence-corrected chi connectivity index (χ1v) is 8.53. The summed E-state index contributed by atoms with van der Waals surface area (Å²) in [7, 11) is 0. The van der Waals surface area contributed by atoms with Crippen molar-refractivity contribution in [3.63, 3.8) is 0 Å². The van der Waals surface area contributed by atoms with Crippen molar-refractivity contribution in [3.8, 4) is 0 Å². The Kier molecular flexibility index (Phi) is 5.48. The lowest BCUT2D eigenvalue weighted by Gasteiger charge is -2.26. The summed E-state index contributed by atoms with van der Waals surface area (Å²) in [6.45, 7) is 1.14. The molecule has 0 saturated heterocycles. The van der Waals surface area contributed by atoms with E-state index in [-0.39, 0.29) is 18.2 Å². The molecule has 2 amide bonds. The molecule has 1 aromatic carbocycles. The van der Waals surface area contributed by atoms with Gasteiger partial charge in [0.15, 0.2) is 0 Å². The van der Waals surface area contributed by atoms with Crippen molar-refractivity contribution < 1.29 is 9.90 Å². The van der Waals surface area contributed by atoms with Crippen LogP contribution in [0.25, 0.3) is 10.9 Å². The van der Waals surface area contributed by atoms with E-state index in [2.05, 4.69) is 20.9 Å². The summed E-state index contributed by atoms with van der Waals surface area (Å²) in [4.78, 5) is 16.4. The highest BCUT2D eigenvalue weighted by Crippen LogP contribution is 2.18. The Morgan fingerprint density at radius 2 is 1.88 bits per heavy atom. The number of benzene rings is 1. The van der Waals surface area contributed by atoms with Gasteiger partial charge < -0.3 is 21.1 Å². The van der Waals surface area contributed by atoms with Crippen molar-refractivity contribution in [1.29, 1.82) is 0 Å². The van der Waals surface area contributed by atoms with Crippen LogP contribution < -0.4 is 16.0 Å². The second-order valence-electron chi connectivity index (χ2n) is 6.22. The van der Waals surface area contributed by atoms with Gasteiger partial charge in [-0.05, 0) is 43.9 Å². The van der Waals surface area contributed by atoms with E-state index in [4.69, 9.17) is 0 Å². The summed E-state index contributed by atoms with van der Waals surface area (Å²) in [5.41, 5.74) is 0.952. The Hall–Kier alpha value is -2.34. The molecule has 2 aromatic rings. The van der Waals surface area contributed by atoms with E-state index in [1.54, 1.807) is 0 Å². The topological polar surface area (TPSA) is 86.3 Å². The molecule has 4 N–H and O–H groups in total. The van der Waals surface area contributed by atoms with Gasteiger partial charge in [0, 0.05) is 24.5 Å². The predicted molar refractivity (Wildman–Crippen MR) is 95.0 cm³/mol. The number of amides is 2. The first-order chi connectivity index (χ1) is 11.7. The summed E-state index contributed by atoms with van der Waals surface area (Å²) in [6, 6.07) is 12.0. The standard InChI is InChI=1S/C18H24N4O2/c23-15-8-6-14(7-9-15)21-18(24)20-12-11-19-17-10-5-13-3-1-2-4-16(13)22-17/h1-5,10,14-15,23H,6-9,11-12H2,(H,19,22)(H2,20,21,24). The molecule has 1 aliphatic rings. The number of aliphatic hydroxyl groups is 1. The maximum absolute atomic E-state index is 11.9. The molecule has 6 nitrogen and oxygen atoms in total. The van der Waals surface area contributed by atoms with Gasteiger partial charge in [-0.15, -0.1) is 0 Å². The Morgan fingerprint density at radius 3 is 2.71 bits per heavy atom. The number of rotatable bonds is 5. The van der Waals surface area contributed by atoms with Crippen LogP contribution in [0, 0.1) is 0 Å². The largest absolute Gasteiger partial charge is 0.393 e. The van der Waals surface area contributed by atoms with Crippen molar-refractivity contribution in [3.05, 3.63) is 36.4 Å². The maximum Gasteiger partial charge on any atom is 0.315 e. The summed E-state index contributed by atoms with van der Waals surface area (Å²) >= 11 is 0. The van der Waals surface area contributed by atoms with E-state index in [9.17, 15) is 9.90 Å². The van der Waals surface area contributed by atoms with Gasteiger partial charge in [0.1, 0.15) is 5.82 Å². The van der Waals surface area contributed by atoms with Gasteiger partial charge in [0.25, 0.3) is 0 Å². The van der Waals surface area contributed by atoms with Gasteiger partial charge in [-0.3, -0.25) is 0 Å². The number of aromatic nitrogens is 1. The highest BCUT2D eigenvalue weighted by molar-refractivity contribution is 5.80. The Morgan fingerprint density at radius 1 is 1.08 bits per heavy atom. The minimum atomic E-state index is -0.204. The quantitative estimate of drug-likeness (QED) is 0.634. The van der Waals surface area contributed by atoms with Gasteiger partial charge in [-0.2, -0.15) is 0 Å². The highest BCUT2D eigenvalue weighted by Gasteiger charge is 2.20. The van der Waals surface area contributed by atoms with Crippen LogP contribution in [0.5, 0.6) is 0 Å². The van der Waals surface area contributed by atoms with E-state index < -0.39 is 0 Å². The van der Waals surface area contributed by atoms with Crippen LogP contribution in [0.4, 0.5) is 10.6 Å². The number of nitrogens with one attached hydrogen (secondary N) is 3. The van der Waals surface area contributed by atoms with Crippen molar-refractivity contribution in [2.24, 2.45) is 0 Å². The number of para-hydroxylation sites is 1. The second-order valence-corrected chi connectivity index (χ2v) is 6.22. The predicted octanol–water partition coefficient (Wildman–Crippen LogP) is 2.25. The first kappa shape index (κ1) is 16.5. The van der Waals surface area contributed by atoms with Gasteiger partial charge in [-0.25, -0.2) is 9.78 Å². The molecule has 128 valence electrons. The smallest absolute Gasteiger partial charge is 0.315 e. The fraction of sp³-hybridized carbons (Fsp3) is 0.444. The molecular formula is C18H24N4O2. The zero-order valence-electron chi connectivity index (χ0n) is 13.7. The number of hydrogen-bond donors (Lipinski definition) is 4. The lowest BCUT2D eigenvalue weighted by Crippen LogP contribution is -2.45. The monoisotopic (exact) mass is 328 g/mol. The average Bonchev–Trinajstić information content (AvgIpc) is 2.60. The minimum absolute atomic E-state index is 0.148. The Balaban J connectivity index is 1.37. The number of carbonyl (C=O) groups excluding carboxylic acids is 1. The van der Waals surface area contributed by atoms with Crippen molar-refractivity contribution in [1.82, 2.24) is 15.6 Å². The van der Waals surface area contributed by atoms with Gasteiger partial charge in [0.05, 0.1) is 11.6 Å². The zero-order valence-corrected chi connectivity index (χ0v) is 13.7. The number of hydrogen-bond acceptors (Lipinski definition) is 4. The number of aliphatic hydroxyl groups excluding tert-OH is 1. The zero-order chi connectivity index (χ0) is 16.8. The number of fused-ring (bicyclic) bond motifs is 1. The number of pyridine rings is 1. The third-order valence-electron chi connectivity index (χ3n) is 4.35. The lowest BCUT2D eigenvalue weighted by atomic mass is 9.93. The van der Waals surface area contributed by atoms with E-state index in [0.29, 0.717) is 13.1 Å². The molecule has 1 aromatic heterocycles. The van der Waals surface area contributed by atoms with Gasteiger partial charge >= 0.3 is 6.03 Å². The molecule has 0 aliphatic heterocycles. The molecular weight excluding hydrogens is 304 g/mol. The molecule has 1 aliphatic carbocycles. The van der Waals surface area contributed by atoms with E-state index in [1.807, 2.05) is 36.4 Å². The summed E-state index contributed by atoms with van der Waals surface area (Å²) in [6.07, 6.45) is 3.01. The fourth-order valence-corrected chi connectivity index (χ4v) is 2.99. The number of urea groups is 1. The van der Waals surface area contributed by atoms with E-state index >= 15 is 0 Å². The normalized spacial score (nSPS) is 20.5. The van der Waals surface area contributed by atoms with Crippen molar-refractivity contribution >= 4 is 22.8 Å². The summed E-state index contributed by atoms with van der Waals surface area (Å²) in [5.74, 6) is 0.803.